The summed E-state index contributed by atoms with van der Waals surface area (Å²) in [5.41, 5.74) is 24.9. The first-order chi connectivity index (χ1) is 35.1. The van der Waals surface area contributed by atoms with Gasteiger partial charge in [0.1, 0.15) is 5.58 Å². The van der Waals surface area contributed by atoms with Crippen LogP contribution in [0.15, 0.2) is 192 Å². The average Bonchev–Trinajstić information content (AvgIpc) is 3.78. The number of anilines is 9. The van der Waals surface area contributed by atoms with Crippen LogP contribution in [0.1, 0.15) is 89.1 Å². The van der Waals surface area contributed by atoms with Crippen LogP contribution >= 0.6 is 0 Å². The highest BCUT2D eigenvalue weighted by atomic mass is 16.3. The summed E-state index contributed by atoms with van der Waals surface area (Å²) >= 11 is 0. The van der Waals surface area contributed by atoms with Crippen LogP contribution < -0.4 is 31.1 Å². The highest BCUT2D eigenvalue weighted by molar-refractivity contribution is 7.00. The lowest BCUT2D eigenvalue weighted by atomic mass is 9.33. The van der Waals surface area contributed by atoms with Crippen LogP contribution in [0.2, 0.25) is 0 Å². The SMILES string of the molecule is Cc1cc2c3c(c1)N(c1cc(C(C)(C)C)cc4c1oc1ccccc14)c1cc4c(cc1B3c1cc(N(c3ccccc3)c3ccccc3)ccc1N2c1cc(-c2ccccc2)ccc1C)C(C)(C)CCC4(C)C. The van der Waals surface area contributed by atoms with Crippen molar-refractivity contribution in [3.63, 3.8) is 0 Å². The normalized spacial score (nSPS) is 15.2. The van der Waals surface area contributed by atoms with Gasteiger partial charge in [-0.3, -0.25) is 0 Å². The third-order valence-electron chi connectivity index (χ3n) is 16.6. The summed E-state index contributed by atoms with van der Waals surface area (Å²) in [5, 5.41) is 2.29. The first kappa shape index (κ1) is 45.1. The fourth-order valence-electron chi connectivity index (χ4n) is 12.5. The number of hydrogen-bond acceptors (Lipinski definition) is 4. The van der Waals surface area contributed by atoms with E-state index < -0.39 is 0 Å². The molecule has 1 aromatic heterocycles. The summed E-state index contributed by atoms with van der Waals surface area (Å²) in [7, 11) is 0. The zero-order valence-electron chi connectivity index (χ0n) is 43.6. The lowest BCUT2D eigenvalue weighted by molar-refractivity contribution is 0.332. The summed E-state index contributed by atoms with van der Waals surface area (Å²) in [6.45, 7) is 21.3. The number of rotatable bonds is 6. The molecule has 3 aliphatic rings. The van der Waals surface area contributed by atoms with Crippen LogP contribution in [0.4, 0.5) is 51.2 Å². The molecule has 1 aliphatic carbocycles. The molecule has 10 aromatic rings. The molecule has 0 radical (unpaired) electrons. The summed E-state index contributed by atoms with van der Waals surface area (Å²) in [6, 6.07) is 70.3. The molecule has 0 fully saturated rings. The summed E-state index contributed by atoms with van der Waals surface area (Å²) in [5.74, 6) is 0. The second kappa shape index (κ2) is 16.4. The molecule has 0 saturated carbocycles. The van der Waals surface area contributed by atoms with Crippen LogP contribution in [-0.4, -0.2) is 6.71 Å². The standard InChI is InChI=1S/C68H62BN3O/c1-43-35-60-64-61(36-43)72(62-39-47(66(3,4)5)38-52-51-27-19-20-28-63(51)73-65(52)62)59-42-54-53(67(6,7)33-34-68(54,8)9)41-56(59)69(64)55-40-50(70(48-23-15-11-16-24-48)49-25-17-12-18-26-49)31-32-57(55)71(60)58-37-46(30-29-44(58)2)45-21-13-10-14-22-45/h10-32,35-42H,33-34H2,1-9H3. The van der Waals surface area contributed by atoms with Crippen LogP contribution in [0.5, 0.6) is 0 Å². The average molecular weight is 948 g/mol. The molecule has 0 N–H and O–H groups in total. The molecule has 73 heavy (non-hydrogen) atoms. The van der Waals surface area contributed by atoms with Gasteiger partial charge in [0, 0.05) is 56.3 Å². The maximum Gasteiger partial charge on any atom is 0.252 e. The third kappa shape index (κ3) is 7.18. The van der Waals surface area contributed by atoms with Gasteiger partial charge in [0.2, 0.25) is 0 Å². The minimum atomic E-state index is -0.132. The number of benzene rings is 9. The van der Waals surface area contributed by atoms with Gasteiger partial charge < -0.3 is 19.1 Å². The number of furan rings is 1. The number of hydrogen-bond donors (Lipinski definition) is 0. The molecule has 5 heteroatoms. The Morgan fingerprint density at radius 2 is 1.07 bits per heavy atom. The van der Waals surface area contributed by atoms with Gasteiger partial charge in [-0.05, 0) is 183 Å². The molecule has 13 rings (SSSR count). The Bertz CT molecular complexity index is 3790. The summed E-state index contributed by atoms with van der Waals surface area (Å²) in [6.07, 6.45) is 2.25. The van der Waals surface area contributed by atoms with Crippen molar-refractivity contribution in [2.45, 2.75) is 91.4 Å². The maximum atomic E-state index is 7.14. The largest absolute Gasteiger partial charge is 0.454 e. The summed E-state index contributed by atoms with van der Waals surface area (Å²) < 4.78 is 7.14. The van der Waals surface area contributed by atoms with Gasteiger partial charge in [-0.15, -0.1) is 0 Å². The molecule has 3 heterocycles. The number of nitrogens with zero attached hydrogens (tertiary/aromatic N) is 3. The predicted octanol–water partition coefficient (Wildman–Crippen LogP) is 17.1. The first-order valence-corrected chi connectivity index (χ1v) is 26.2. The molecular formula is C68H62BN3O. The number of fused-ring (bicyclic) bond motifs is 8. The molecule has 0 bridgehead atoms. The van der Waals surface area contributed by atoms with Crippen molar-refractivity contribution in [2.75, 3.05) is 14.7 Å². The molecular weight excluding hydrogens is 886 g/mol. The van der Waals surface area contributed by atoms with Gasteiger partial charge >= 0.3 is 0 Å². The Kier molecular flexibility index (Phi) is 10.1. The van der Waals surface area contributed by atoms with Crippen molar-refractivity contribution in [3.05, 3.63) is 216 Å². The van der Waals surface area contributed by atoms with E-state index in [1.54, 1.807) is 0 Å². The Morgan fingerprint density at radius 1 is 0.479 bits per heavy atom. The number of para-hydroxylation sites is 3. The highest BCUT2D eigenvalue weighted by Crippen LogP contribution is 2.53. The smallest absolute Gasteiger partial charge is 0.252 e. The van der Waals surface area contributed by atoms with Crippen molar-refractivity contribution in [1.29, 1.82) is 0 Å². The molecule has 0 unspecified atom stereocenters. The fraction of sp³-hybridized carbons (Fsp3) is 0.206. The van der Waals surface area contributed by atoms with Crippen molar-refractivity contribution < 1.29 is 4.42 Å². The van der Waals surface area contributed by atoms with E-state index in [1.807, 2.05) is 0 Å². The zero-order chi connectivity index (χ0) is 50.1. The molecule has 9 aromatic carbocycles. The van der Waals surface area contributed by atoms with E-state index in [4.69, 9.17) is 4.42 Å². The van der Waals surface area contributed by atoms with Gasteiger partial charge in [0.25, 0.3) is 6.71 Å². The first-order valence-electron chi connectivity index (χ1n) is 26.2. The van der Waals surface area contributed by atoms with E-state index in [2.05, 4.69) is 265 Å². The van der Waals surface area contributed by atoms with E-state index in [9.17, 15) is 0 Å². The van der Waals surface area contributed by atoms with E-state index in [1.165, 1.54) is 83.8 Å². The van der Waals surface area contributed by atoms with Gasteiger partial charge in [-0.2, -0.15) is 0 Å². The quantitative estimate of drug-likeness (QED) is 0.155. The van der Waals surface area contributed by atoms with Crippen molar-refractivity contribution in [2.24, 2.45) is 0 Å². The van der Waals surface area contributed by atoms with Crippen LogP contribution in [-0.2, 0) is 16.2 Å². The molecule has 4 nitrogen and oxygen atoms in total. The van der Waals surface area contributed by atoms with Crippen LogP contribution in [0.3, 0.4) is 0 Å². The molecule has 358 valence electrons. The zero-order valence-corrected chi connectivity index (χ0v) is 43.6. The Balaban J connectivity index is 1.17. The second-order valence-electron chi connectivity index (χ2n) is 23.4. The lowest BCUT2D eigenvalue weighted by Gasteiger charge is -2.47. The van der Waals surface area contributed by atoms with Gasteiger partial charge in [-0.25, -0.2) is 0 Å². The molecule has 0 saturated heterocycles. The monoisotopic (exact) mass is 947 g/mol. The maximum absolute atomic E-state index is 7.14. The van der Waals surface area contributed by atoms with Crippen molar-refractivity contribution >= 4 is 96.2 Å². The van der Waals surface area contributed by atoms with E-state index in [0.717, 1.165) is 57.5 Å². The Labute approximate surface area is 431 Å². The Hall–Kier alpha value is -7.76. The molecule has 0 atom stereocenters. The summed E-state index contributed by atoms with van der Waals surface area (Å²) in [4.78, 5) is 7.63. The van der Waals surface area contributed by atoms with Gasteiger partial charge in [0.15, 0.2) is 5.58 Å². The van der Waals surface area contributed by atoms with Crippen molar-refractivity contribution in [3.8, 4) is 11.1 Å². The van der Waals surface area contributed by atoms with E-state index >= 15 is 0 Å². The third-order valence-corrected chi connectivity index (χ3v) is 16.6. The fourth-order valence-corrected chi connectivity index (χ4v) is 12.5. The van der Waals surface area contributed by atoms with E-state index in [0.29, 0.717) is 0 Å². The van der Waals surface area contributed by atoms with Gasteiger partial charge in [-0.1, -0.05) is 152 Å². The second-order valence-corrected chi connectivity index (χ2v) is 23.4. The lowest BCUT2D eigenvalue weighted by Crippen LogP contribution is -2.62. The molecule has 2 aliphatic heterocycles. The van der Waals surface area contributed by atoms with E-state index in [-0.39, 0.29) is 23.0 Å². The van der Waals surface area contributed by atoms with Crippen LogP contribution in [0, 0.1) is 13.8 Å². The predicted molar refractivity (Wildman–Crippen MR) is 311 cm³/mol. The van der Waals surface area contributed by atoms with Crippen molar-refractivity contribution in [1.82, 2.24) is 0 Å². The number of aryl methyl sites for hydroxylation is 2. The van der Waals surface area contributed by atoms with Crippen LogP contribution in [0.25, 0.3) is 33.1 Å². The Morgan fingerprint density at radius 3 is 1.73 bits per heavy atom. The topological polar surface area (TPSA) is 22.9 Å². The minimum Gasteiger partial charge on any atom is -0.454 e. The minimum absolute atomic E-state index is 0.0168. The van der Waals surface area contributed by atoms with Gasteiger partial charge in [0.05, 0.1) is 5.69 Å². The highest BCUT2D eigenvalue weighted by Gasteiger charge is 2.47. The molecule has 0 spiro atoms. The molecule has 0 amide bonds.